The molecular formula is C30H32N4O2. The molecule has 1 unspecified atom stereocenters. The molecule has 1 atom stereocenters. The molecule has 1 fully saturated rings. The predicted octanol–water partition coefficient (Wildman–Crippen LogP) is 5.46. The SMILES string of the molecule is Cc1oc(-c2ccc(C(=O)NC(C)c3ccccc3)cc2)nc1CN1CCN(c2ccccc2)CC1. The molecule has 2 heterocycles. The molecule has 1 amide bonds. The van der Waals surface area contributed by atoms with Crippen LogP contribution in [0, 0.1) is 6.92 Å². The molecule has 0 bridgehead atoms. The maximum absolute atomic E-state index is 12.7. The second-order valence-electron chi connectivity index (χ2n) is 9.30. The summed E-state index contributed by atoms with van der Waals surface area (Å²) in [7, 11) is 0. The molecule has 6 nitrogen and oxygen atoms in total. The highest BCUT2D eigenvalue weighted by molar-refractivity contribution is 5.94. The number of rotatable bonds is 7. The van der Waals surface area contributed by atoms with Crippen LogP contribution in [0.1, 0.15) is 40.3 Å². The van der Waals surface area contributed by atoms with Crippen LogP contribution in [0.25, 0.3) is 11.5 Å². The van der Waals surface area contributed by atoms with Gasteiger partial charge in [0, 0.05) is 49.5 Å². The van der Waals surface area contributed by atoms with E-state index in [9.17, 15) is 4.79 Å². The van der Waals surface area contributed by atoms with Gasteiger partial charge in [0.05, 0.1) is 11.7 Å². The van der Waals surface area contributed by atoms with Crippen molar-refractivity contribution in [2.75, 3.05) is 31.1 Å². The molecule has 36 heavy (non-hydrogen) atoms. The molecule has 1 aliphatic rings. The Morgan fingerprint density at radius 2 is 1.56 bits per heavy atom. The van der Waals surface area contributed by atoms with Gasteiger partial charge in [0.2, 0.25) is 5.89 Å². The van der Waals surface area contributed by atoms with E-state index in [2.05, 4.69) is 45.4 Å². The van der Waals surface area contributed by atoms with E-state index in [0.29, 0.717) is 11.5 Å². The van der Waals surface area contributed by atoms with Gasteiger partial charge in [0.15, 0.2) is 0 Å². The second kappa shape index (κ2) is 10.8. The van der Waals surface area contributed by atoms with Crippen molar-refractivity contribution in [2.45, 2.75) is 26.4 Å². The summed E-state index contributed by atoms with van der Waals surface area (Å²) in [5.41, 5.74) is 4.80. The standard InChI is InChI=1S/C30H32N4O2/c1-22(24-9-5-3-6-10-24)31-29(35)25-13-15-26(16-14-25)30-32-28(23(2)36-30)21-33-17-19-34(20-18-33)27-11-7-4-8-12-27/h3-16,22H,17-21H2,1-2H3,(H,31,35). The Labute approximate surface area is 212 Å². The first-order valence-electron chi connectivity index (χ1n) is 12.5. The van der Waals surface area contributed by atoms with Gasteiger partial charge in [-0.1, -0.05) is 48.5 Å². The van der Waals surface area contributed by atoms with Gasteiger partial charge in [-0.2, -0.15) is 0 Å². The lowest BCUT2D eigenvalue weighted by Gasteiger charge is -2.35. The number of hydrogen-bond donors (Lipinski definition) is 1. The maximum atomic E-state index is 12.7. The van der Waals surface area contributed by atoms with Crippen LogP contribution >= 0.6 is 0 Å². The third-order valence-electron chi connectivity index (χ3n) is 6.80. The third kappa shape index (κ3) is 5.50. The van der Waals surface area contributed by atoms with Crippen molar-refractivity contribution in [1.29, 1.82) is 0 Å². The Morgan fingerprint density at radius 3 is 2.22 bits per heavy atom. The Kier molecular flexibility index (Phi) is 7.14. The fraction of sp³-hybridized carbons (Fsp3) is 0.267. The van der Waals surface area contributed by atoms with Gasteiger partial charge in [-0.25, -0.2) is 4.98 Å². The van der Waals surface area contributed by atoms with Crippen LogP contribution in [0.2, 0.25) is 0 Å². The van der Waals surface area contributed by atoms with E-state index < -0.39 is 0 Å². The molecule has 5 rings (SSSR count). The van der Waals surface area contributed by atoms with E-state index >= 15 is 0 Å². The largest absolute Gasteiger partial charge is 0.441 e. The van der Waals surface area contributed by atoms with Crippen molar-refractivity contribution >= 4 is 11.6 Å². The summed E-state index contributed by atoms with van der Waals surface area (Å²) in [4.78, 5) is 22.4. The summed E-state index contributed by atoms with van der Waals surface area (Å²) < 4.78 is 6.01. The highest BCUT2D eigenvalue weighted by Crippen LogP contribution is 2.24. The smallest absolute Gasteiger partial charge is 0.251 e. The first-order chi connectivity index (χ1) is 17.6. The van der Waals surface area contributed by atoms with E-state index in [1.807, 2.05) is 68.4 Å². The molecule has 6 heteroatoms. The molecule has 1 aromatic heterocycles. The molecular weight excluding hydrogens is 448 g/mol. The van der Waals surface area contributed by atoms with Crippen LogP contribution in [0.3, 0.4) is 0 Å². The van der Waals surface area contributed by atoms with E-state index in [0.717, 1.165) is 55.3 Å². The van der Waals surface area contributed by atoms with Crippen molar-refractivity contribution in [1.82, 2.24) is 15.2 Å². The fourth-order valence-corrected chi connectivity index (χ4v) is 4.58. The molecule has 0 radical (unpaired) electrons. The molecule has 1 N–H and O–H groups in total. The van der Waals surface area contributed by atoms with Crippen LogP contribution in [0.5, 0.6) is 0 Å². The first-order valence-corrected chi connectivity index (χ1v) is 12.5. The molecule has 184 valence electrons. The quantitative estimate of drug-likeness (QED) is 0.380. The van der Waals surface area contributed by atoms with Crippen LogP contribution in [0.15, 0.2) is 89.3 Å². The van der Waals surface area contributed by atoms with Gasteiger partial charge in [-0.15, -0.1) is 0 Å². The average molecular weight is 481 g/mol. The van der Waals surface area contributed by atoms with E-state index in [1.165, 1.54) is 5.69 Å². The number of carbonyl (C=O) groups is 1. The lowest BCUT2D eigenvalue weighted by molar-refractivity contribution is 0.0940. The Hall–Kier alpha value is -3.90. The number of hydrogen-bond acceptors (Lipinski definition) is 5. The molecule has 1 aliphatic heterocycles. The Morgan fingerprint density at radius 1 is 0.917 bits per heavy atom. The summed E-state index contributed by atoms with van der Waals surface area (Å²) in [6.07, 6.45) is 0. The van der Waals surface area contributed by atoms with Crippen LogP contribution < -0.4 is 10.2 Å². The number of carbonyl (C=O) groups excluding carboxylic acids is 1. The van der Waals surface area contributed by atoms with Gasteiger partial charge in [0.25, 0.3) is 5.91 Å². The zero-order valence-corrected chi connectivity index (χ0v) is 20.9. The highest BCUT2D eigenvalue weighted by atomic mass is 16.4. The molecule has 0 aliphatic carbocycles. The van der Waals surface area contributed by atoms with Crippen molar-refractivity contribution < 1.29 is 9.21 Å². The van der Waals surface area contributed by atoms with Crippen molar-refractivity contribution in [3.8, 4) is 11.5 Å². The average Bonchev–Trinajstić information content (AvgIpc) is 3.30. The van der Waals surface area contributed by atoms with Crippen molar-refractivity contribution in [3.05, 3.63) is 108 Å². The Balaban J connectivity index is 1.19. The minimum atomic E-state index is -0.100. The van der Waals surface area contributed by atoms with Crippen molar-refractivity contribution in [2.24, 2.45) is 0 Å². The minimum absolute atomic E-state index is 0.0649. The van der Waals surface area contributed by atoms with Gasteiger partial charge in [0.1, 0.15) is 5.76 Å². The number of oxazole rings is 1. The number of piperazine rings is 1. The number of aryl methyl sites for hydroxylation is 1. The molecule has 4 aromatic rings. The van der Waals surface area contributed by atoms with Crippen LogP contribution in [-0.2, 0) is 6.54 Å². The number of amides is 1. The number of nitrogens with zero attached hydrogens (tertiary/aromatic N) is 3. The number of nitrogens with one attached hydrogen (secondary N) is 1. The number of para-hydroxylation sites is 1. The molecule has 0 spiro atoms. The monoisotopic (exact) mass is 480 g/mol. The summed E-state index contributed by atoms with van der Waals surface area (Å²) >= 11 is 0. The second-order valence-corrected chi connectivity index (χ2v) is 9.30. The van der Waals surface area contributed by atoms with Crippen LogP contribution in [0.4, 0.5) is 5.69 Å². The van der Waals surface area contributed by atoms with Gasteiger partial charge < -0.3 is 14.6 Å². The zero-order valence-electron chi connectivity index (χ0n) is 20.9. The summed E-state index contributed by atoms with van der Waals surface area (Å²) in [5.74, 6) is 1.33. The van der Waals surface area contributed by atoms with Crippen molar-refractivity contribution in [3.63, 3.8) is 0 Å². The molecule has 0 saturated carbocycles. The van der Waals surface area contributed by atoms with Gasteiger partial charge in [-0.05, 0) is 55.8 Å². The van der Waals surface area contributed by atoms with Gasteiger partial charge >= 0.3 is 0 Å². The summed E-state index contributed by atoms with van der Waals surface area (Å²) in [6.45, 7) is 8.71. The number of benzene rings is 3. The zero-order chi connectivity index (χ0) is 24.9. The van der Waals surface area contributed by atoms with Gasteiger partial charge in [-0.3, -0.25) is 9.69 Å². The third-order valence-corrected chi connectivity index (χ3v) is 6.80. The predicted molar refractivity (Wildman–Crippen MR) is 143 cm³/mol. The number of aromatic nitrogens is 1. The topological polar surface area (TPSA) is 61.6 Å². The first kappa shape index (κ1) is 23.8. The highest BCUT2D eigenvalue weighted by Gasteiger charge is 2.20. The number of anilines is 1. The molecule has 1 saturated heterocycles. The van der Waals surface area contributed by atoms with E-state index in [-0.39, 0.29) is 11.9 Å². The fourth-order valence-electron chi connectivity index (χ4n) is 4.58. The maximum Gasteiger partial charge on any atom is 0.251 e. The summed E-state index contributed by atoms with van der Waals surface area (Å²) in [6, 6.07) is 27.9. The van der Waals surface area contributed by atoms with E-state index in [4.69, 9.17) is 9.40 Å². The lowest BCUT2D eigenvalue weighted by Crippen LogP contribution is -2.46. The Bertz CT molecular complexity index is 1280. The molecule has 3 aromatic carbocycles. The lowest BCUT2D eigenvalue weighted by atomic mass is 10.1. The normalized spacial score (nSPS) is 15.0. The van der Waals surface area contributed by atoms with Crippen LogP contribution in [-0.4, -0.2) is 42.0 Å². The minimum Gasteiger partial charge on any atom is -0.441 e. The summed E-state index contributed by atoms with van der Waals surface area (Å²) in [5, 5.41) is 3.06. The van der Waals surface area contributed by atoms with E-state index in [1.54, 1.807) is 0 Å².